The molecule has 1 aromatic carbocycles. The number of benzene rings is 1. The Morgan fingerprint density at radius 3 is 2.58 bits per heavy atom. The molecule has 2 N–H and O–H groups in total. The number of hydrogen-bond donors (Lipinski definition) is 2. The first-order valence-electron chi connectivity index (χ1n) is 6.41. The maximum absolute atomic E-state index is 12.0. The van der Waals surface area contributed by atoms with Gasteiger partial charge in [-0.1, -0.05) is 26.8 Å². The summed E-state index contributed by atoms with van der Waals surface area (Å²) >= 11 is 3.38. The molecule has 0 saturated carbocycles. The second-order valence-electron chi connectivity index (χ2n) is 6.11. The van der Waals surface area contributed by atoms with Crippen molar-refractivity contribution in [3.05, 3.63) is 33.8 Å². The molecule has 0 aliphatic heterocycles. The van der Waals surface area contributed by atoms with Crippen LogP contribution < -0.4 is 5.32 Å². The molecule has 0 heterocycles. The fourth-order valence-corrected chi connectivity index (χ4v) is 2.56. The molecule has 0 fully saturated rings. The first kappa shape index (κ1) is 16.2. The minimum absolute atomic E-state index is 0.0502. The van der Waals surface area contributed by atoms with Crippen LogP contribution in [-0.2, 0) is 0 Å². The predicted molar refractivity (Wildman–Crippen MR) is 81.3 cm³/mol. The van der Waals surface area contributed by atoms with Gasteiger partial charge >= 0.3 is 0 Å². The highest BCUT2D eigenvalue weighted by molar-refractivity contribution is 9.10. The van der Waals surface area contributed by atoms with Gasteiger partial charge in [-0.2, -0.15) is 0 Å². The van der Waals surface area contributed by atoms with Crippen LogP contribution in [0.4, 0.5) is 0 Å². The summed E-state index contributed by atoms with van der Waals surface area (Å²) in [4.78, 5) is 12.0. The summed E-state index contributed by atoms with van der Waals surface area (Å²) in [5.74, 6) is -0.167. The summed E-state index contributed by atoms with van der Waals surface area (Å²) in [5.41, 5.74) is 1.74. The number of carbonyl (C=O) groups is 1. The molecule has 0 saturated heterocycles. The van der Waals surface area contributed by atoms with Gasteiger partial charge in [0.05, 0.1) is 11.7 Å². The van der Waals surface area contributed by atoms with Crippen molar-refractivity contribution < 1.29 is 9.90 Å². The Labute approximate surface area is 123 Å². The van der Waals surface area contributed by atoms with Crippen LogP contribution >= 0.6 is 15.9 Å². The van der Waals surface area contributed by atoms with Crippen molar-refractivity contribution >= 4 is 21.8 Å². The Balaban J connectivity index is 2.56. The minimum atomic E-state index is -0.520. The van der Waals surface area contributed by atoms with Gasteiger partial charge in [0.2, 0.25) is 0 Å². The quantitative estimate of drug-likeness (QED) is 0.891. The summed E-state index contributed by atoms with van der Waals surface area (Å²) < 4.78 is 0.773. The molecular formula is C15H22BrNO2. The second-order valence-corrected chi connectivity index (χ2v) is 6.97. The Morgan fingerprint density at radius 1 is 1.42 bits per heavy atom. The normalized spacial score (nSPS) is 13.2. The molecule has 106 valence electrons. The lowest BCUT2D eigenvalue weighted by Crippen LogP contribution is -2.34. The van der Waals surface area contributed by atoms with E-state index >= 15 is 0 Å². The van der Waals surface area contributed by atoms with E-state index in [1.165, 1.54) is 0 Å². The standard InChI is InChI=1S/C15H22BrNO2/c1-10-5-6-12(13(16)7-10)14(19)17-9-11(18)8-15(2,3)4/h5-7,11,18H,8-9H2,1-4H3,(H,17,19). The van der Waals surface area contributed by atoms with Gasteiger partial charge in [0.25, 0.3) is 5.91 Å². The zero-order valence-corrected chi connectivity index (χ0v) is 13.5. The summed E-state index contributed by atoms with van der Waals surface area (Å²) in [7, 11) is 0. The number of hydrogen-bond acceptors (Lipinski definition) is 2. The van der Waals surface area contributed by atoms with Gasteiger partial charge in [-0.15, -0.1) is 0 Å². The van der Waals surface area contributed by atoms with E-state index in [4.69, 9.17) is 0 Å². The monoisotopic (exact) mass is 327 g/mol. The molecule has 1 aromatic rings. The molecule has 1 rings (SSSR count). The van der Waals surface area contributed by atoms with Gasteiger partial charge in [-0.3, -0.25) is 4.79 Å². The molecule has 0 aliphatic rings. The number of aliphatic hydroxyl groups excluding tert-OH is 1. The Hall–Kier alpha value is -0.870. The fourth-order valence-electron chi connectivity index (χ4n) is 1.89. The molecular weight excluding hydrogens is 306 g/mol. The molecule has 0 spiro atoms. The molecule has 1 amide bonds. The lowest BCUT2D eigenvalue weighted by molar-refractivity contribution is 0.0868. The zero-order valence-electron chi connectivity index (χ0n) is 12.0. The van der Waals surface area contributed by atoms with Crippen molar-refractivity contribution in [2.75, 3.05) is 6.54 Å². The van der Waals surface area contributed by atoms with Gasteiger partial charge in [0.1, 0.15) is 0 Å². The fraction of sp³-hybridized carbons (Fsp3) is 0.533. The number of halogens is 1. The van der Waals surface area contributed by atoms with E-state index in [9.17, 15) is 9.90 Å². The van der Waals surface area contributed by atoms with Crippen LogP contribution in [0, 0.1) is 12.3 Å². The highest BCUT2D eigenvalue weighted by atomic mass is 79.9. The number of rotatable bonds is 4. The van der Waals surface area contributed by atoms with Crippen LogP contribution in [0.15, 0.2) is 22.7 Å². The Kier molecular flexibility index (Phi) is 5.56. The predicted octanol–water partition coefficient (Wildman–Crippen LogP) is 3.28. The van der Waals surface area contributed by atoms with Gasteiger partial charge in [-0.25, -0.2) is 0 Å². The van der Waals surface area contributed by atoms with Gasteiger partial charge < -0.3 is 10.4 Å². The number of aliphatic hydroxyl groups is 1. The molecule has 3 nitrogen and oxygen atoms in total. The number of amides is 1. The summed E-state index contributed by atoms with van der Waals surface area (Å²) in [5, 5.41) is 12.6. The third kappa shape index (κ3) is 5.74. The van der Waals surface area contributed by atoms with Crippen molar-refractivity contribution in [1.29, 1.82) is 0 Å². The average Bonchev–Trinajstić information content (AvgIpc) is 2.23. The van der Waals surface area contributed by atoms with Crippen molar-refractivity contribution in [2.24, 2.45) is 5.41 Å². The lowest BCUT2D eigenvalue weighted by atomic mass is 9.89. The molecule has 0 radical (unpaired) electrons. The summed E-state index contributed by atoms with van der Waals surface area (Å²) in [6, 6.07) is 5.58. The Bertz CT molecular complexity index is 452. The number of carbonyl (C=O) groups excluding carboxylic acids is 1. The van der Waals surface area contributed by atoms with E-state index in [0.717, 1.165) is 10.0 Å². The molecule has 0 aliphatic carbocycles. The second kappa shape index (κ2) is 6.53. The number of nitrogens with one attached hydrogen (secondary N) is 1. The smallest absolute Gasteiger partial charge is 0.252 e. The molecule has 1 unspecified atom stereocenters. The molecule has 0 bridgehead atoms. The van der Waals surface area contributed by atoms with Gasteiger partial charge in [0, 0.05) is 11.0 Å². The summed E-state index contributed by atoms with van der Waals surface area (Å²) in [6.45, 7) is 8.44. The van der Waals surface area contributed by atoms with E-state index < -0.39 is 6.10 Å². The molecule has 1 atom stereocenters. The van der Waals surface area contributed by atoms with Gasteiger partial charge in [0.15, 0.2) is 0 Å². The first-order chi connectivity index (χ1) is 8.69. The maximum atomic E-state index is 12.0. The lowest BCUT2D eigenvalue weighted by Gasteiger charge is -2.22. The highest BCUT2D eigenvalue weighted by Gasteiger charge is 2.18. The van der Waals surface area contributed by atoms with Crippen LogP contribution in [0.5, 0.6) is 0 Å². The maximum Gasteiger partial charge on any atom is 0.252 e. The van der Waals surface area contributed by atoms with E-state index in [0.29, 0.717) is 12.0 Å². The van der Waals surface area contributed by atoms with Crippen LogP contribution in [0.1, 0.15) is 43.1 Å². The summed E-state index contributed by atoms with van der Waals surface area (Å²) in [6.07, 6.45) is 0.135. The van der Waals surface area contributed by atoms with Crippen LogP contribution in [0.3, 0.4) is 0 Å². The third-order valence-electron chi connectivity index (χ3n) is 2.72. The SMILES string of the molecule is Cc1ccc(C(=O)NCC(O)CC(C)(C)C)c(Br)c1. The average molecular weight is 328 g/mol. The van der Waals surface area contributed by atoms with E-state index in [1.54, 1.807) is 6.07 Å². The third-order valence-corrected chi connectivity index (χ3v) is 3.37. The van der Waals surface area contributed by atoms with E-state index in [-0.39, 0.29) is 17.9 Å². The molecule has 0 aromatic heterocycles. The molecule has 19 heavy (non-hydrogen) atoms. The minimum Gasteiger partial charge on any atom is -0.391 e. The van der Waals surface area contributed by atoms with Crippen molar-refractivity contribution in [2.45, 2.75) is 40.2 Å². The van der Waals surface area contributed by atoms with Crippen LogP contribution in [-0.4, -0.2) is 23.7 Å². The van der Waals surface area contributed by atoms with Crippen molar-refractivity contribution in [1.82, 2.24) is 5.32 Å². The first-order valence-corrected chi connectivity index (χ1v) is 7.21. The largest absolute Gasteiger partial charge is 0.391 e. The topological polar surface area (TPSA) is 49.3 Å². The van der Waals surface area contributed by atoms with E-state index in [2.05, 4.69) is 42.0 Å². The Morgan fingerprint density at radius 2 is 2.05 bits per heavy atom. The van der Waals surface area contributed by atoms with E-state index in [1.807, 2.05) is 19.1 Å². The van der Waals surface area contributed by atoms with Crippen molar-refractivity contribution in [3.8, 4) is 0 Å². The molecule has 4 heteroatoms. The van der Waals surface area contributed by atoms with Crippen molar-refractivity contribution in [3.63, 3.8) is 0 Å². The van der Waals surface area contributed by atoms with Gasteiger partial charge in [-0.05, 0) is 52.4 Å². The van der Waals surface area contributed by atoms with Crippen LogP contribution in [0.2, 0.25) is 0 Å². The zero-order chi connectivity index (χ0) is 14.6. The van der Waals surface area contributed by atoms with Crippen LogP contribution in [0.25, 0.3) is 0 Å². The number of aryl methyl sites for hydroxylation is 1. The highest BCUT2D eigenvalue weighted by Crippen LogP contribution is 2.21.